The standard InChI is InChI=1S/C26H27N3O4/c1-2-29(17-25(30)27-20-12-13-23-24(16-20)33-15-14-32-23)18-26(31)28-22-11-7-6-10-21(22)19-8-4-3-5-9-19/h3-13,16H,2,14-15,17-18H2,1H3,(H,27,30)(H,28,31). The molecule has 0 spiro atoms. The highest BCUT2D eigenvalue weighted by atomic mass is 16.6. The van der Waals surface area contributed by atoms with Crippen molar-refractivity contribution in [2.45, 2.75) is 6.92 Å². The molecule has 0 aromatic heterocycles. The van der Waals surface area contributed by atoms with Crippen LogP contribution in [-0.4, -0.2) is 49.6 Å². The van der Waals surface area contributed by atoms with Crippen LogP contribution in [0.25, 0.3) is 11.1 Å². The first-order valence-electron chi connectivity index (χ1n) is 11.0. The molecule has 4 rings (SSSR count). The van der Waals surface area contributed by atoms with E-state index < -0.39 is 0 Å². The van der Waals surface area contributed by atoms with E-state index in [0.29, 0.717) is 36.9 Å². The van der Waals surface area contributed by atoms with Gasteiger partial charge in [0.2, 0.25) is 11.8 Å². The zero-order valence-corrected chi connectivity index (χ0v) is 18.5. The molecule has 2 amide bonds. The number of carbonyl (C=O) groups excluding carboxylic acids is 2. The lowest BCUT2D eigenvalue weighted by atomic mass is 10.0. The van der Waals surface area contributed by atoms with Gasteiger partial charge in [0.15, 0.2) is 11.5 Å². The van der Waals surface area contributed by atoms with E-state index in [1.54, 1.807) is 23.1 Å². The fourth-order valence-electron chi connectivity index (χ4n) is 3.66. The molecule has 0 bridgehead atoms. The first-order valence-corrected chi connectivity index (χ1v) is 11.0. The van der Waals surface area contributed by atoms with Crippen molar-refractivity contribution in [2.24, 2.45) is 0 Å². The number of nitrogens with one attached hydrogen (secondary N) is 2. The van der Waals surface area contributed by atoms with E-state index in [2.05, 4.69) is 10.6 Å². The Labute approximate surface area is 193 Å². The fourth-order valence-corrected chi connectivity index (χ4v) is 3.66. The van der Waals surface area contributed by atoms with E-state index in [9.17, 15) is 9.59 Å². The molecule has 33 heavy (non-hydrogen) atoms. The number of benzene rings is 3. The summed E-state index contributed by atoms with van der Waals surface area (Å²) in [4.78, 5) is 27.1. The first kappa shape index (κ1) is 22.4. The van der Waals surface area contributed by atoms with Crippen LogP contribution in [0, 0.1) is 0 Å². The van der Waals surface area contributed by atoms with E-state index in [-0.39, 0.29) is 24.9 Å². The number of ether oxygens (including phenoxy) is 2. The van der Waals surface area contributed by atoms with Crippen molar-refractivity contribution < 1.29 is 19.1 Å². The number of amides is 2. The highest BCUT2D eigenvalue weighted by Gasteiger charge is 2.16. The molecule has 170 valence electrons. The monoisotopic (exact) mass is 445 g/mol. The molecule has 3 aromatic rings. The smallest absolute Gasteiger partial charge is 0.238 e. The average molecular weight is 446 g/mol. The summed E-state index contributed by atoms with van der Waals surface area (Å²) in [6.45, 7) is 3.68. The van der Waals surface area contributed by atoms with Gasteiger partial charge in [-0.3, -0.25) is 14.5 Å². The quantitative estimate of drug-likeness (QED) is 0.547. The lowest BCUT2D eigenvalue weighted by Gasteiger charge is -2.21. The maximum atomic E-state index is 12.8. The third-order valence-electron chi connectivity index (χ3n) is 5.29. The molecule has 1 heterocycles. The van der Waals surface area contributed by atoms with Crippen LogP contribution >= 0.6 is 0 Å². The Hall–Kier alpha value is -3.84. The Morgan fingerprint density at radius 3 is 2.24 bits per heavy atom. The number of hydrogen-bond donors (Lipinski definition) is 2. The Bertz CT molecular complexity index is 1120. The van der Waals surface area contributed by atoms with Gasteiger partial charge in [0.1, 0.15) is 13.2 Å². The number of para-hydroxylation sites is 1. The lowest BCUT2D eigenvalue weighted by molar-refractivity contribution is -0.119. The number of anilines is 2. The Morgan fingerprint density at radius 2 is 1.48 bits per heavy atom. The van der Waals surface area contributed by atoms with Crippen LogP contribution in [0.1, 0.15) is 6.92 Å². The second-order valence-corrected chi connectivity index (χ2v) is 7.67. The van der Waals surface area contributed by atoms with Crippen molar-refractivity contribution in [2.75, 3.05) is 43.5 Å². The minimum absolute atomic E-state index is 0.0959. The Morgan fingerprint density at radius 1 is 0.818 bits per heavy atom. The lowest BCUT2D eigenvalue weighted by Crippen LogP contribution is -2.38. The minimum atomic E-state index is -0.203. The zero-order valence-electron chi connectivity index (χ0n) is 18.5. The van der Waals surface area contributed by atoms with Gasteiger partial charge in [-0.1, -0.05) is 55.5 Å². The molecule has 0 aliphatic carbocycles. The molecule has 0 saturated carbocycles. The SMILES string of the molecule is CCN(CC(=O)Nc1ccc2c(c1)OCCO2)CC(=O)Nc1ccccc1-c1ccccc1. The van der Waals surface area contributed by atoms with Crippen molar-refractivity contribution >= 4 is 23.2 Å². The van der Waals surface area contributed by atoms with E-state index in [1.807, 2.05) is 61.5 Å². The topological polar surface area (TPSA) is 79.9 Å². The second kappa shape index (κ2) is 10.7. The predicted molar refractivity (Wildman–Crippen MR) is 129 cm³/mol. The van der Waals surface area contributed by atoms with Gasteiger partial charge in [-0.25, -0.2) is 0 Å². The Balaban J connectivity index is 1.35. The van der Waals surface area contributed by atoms with E-state index in [4.69, 9.17) is 9.47 Å². The third kappa shape index (κ3) is 5.90. The molecule has 7 nitrogen and oxygen atoms in total. The van der Waals surface area contributed by atoms with Crippen LogP contribution in [0.15, 0.2) is 72.8 Å². The van der Waals surface area contributed by atoms with Gasteiger partial charge in [0, 0.05) is 23.0 Å². The van der Waals surface area contributed by atoms with Crippen molar-refractivity contribution in [1.29, 1.82) is 0 Å². The van der Waals surface area contributed by atoms with E-state index in [1.165, 1.54) is 0 Å². The summed E-state index contributed by atoms with van der Waals surface area (Å²) in [6, 6.07) is 22.9. The number of likely N-dealkylation sites (N-methyl/N-ethyl adjacent to an activating group) is 1. The number of hydrogen-bond acceptors (Lipinski definition) is 5. The first-order chi connectivity index (χ1) is 16.1. The fraction of sp³-hybridized carbons (Fsp3) is 0.231. The second-order valence-electron chi connectivity index (χ2n) is 7.67. The number of fused-ring (bicyclic) bond motifs is 1. The molecule has 0 saturated heterocycles. The molecule has 7 heteroatoms. The van der Waals surface area contributed by atoms with Gasteiger partial charge in [0.25, 0.3) is 0 Å². The van der Waals surface area contributed by atoms with Crippen molar-refractivity contribution in [3.05, 3.63) is 72.8 Å². The summed E-state index contributed by atoms with van der Waals surface area (Å²) in [6.07, 6.45) is 0. The van der Waals surface area contributed by atoms with Gasteiger partial charge in [0.05, 0.1) is 13.1 Å². The molecule has 0 radical (unpaired) electrons. The maximum absolute atomic E-state index is 12.8. The largest absolute Gasteiger partial charge is 0.486 e. The van der Waals surface area contributed by atoms with Crippen molar-refractivity contribution in [3.8, 4) is 22.6 Å². The van der Waals surface area contributed by atoms with Crippen LogP contribution in [0.3, 0.4) is 0 Å². The summed E-state index contributed by atoms with van der Waals surface area (Å²) in [7, 11) is 0. The highest BCUT2D eigenvalue weighted by molar-refractivity contribution is 5.97. The van der Waals surface area contributed by atoms with Crippen LogP contribution in [0.5, 0.6) is 11.5 Å². The van der Waals surface area contributed by atoms with E-state index in [0.717, 1.165) is 16.8 Å². The van der Waals surface area contributed by atoms with Gasteiger partial charge >= 0.3 is 0 Å². The van der Waals surface area contributed by atoms with Gasteiger partial charge in [-0.15, -0.1) is 0 Å². The van der Waals surface area contributed by atoms with E-state index >= 15 is 0 Å². The summed E-state index contributed by atoms with van der Waals surface area (Å²) < 4.78 is 11.1. The number of nitrogens with zero attached hydrogens (tertiary/aromatic N) is 1. The summed E-state index contributed by atoms with van der Waals surface area (Å²) >= 11 is 0. The average Bonchev–Trinajstić information content (AvgIpc) is 2.84. The molecule has 1 aliphatic rings. The molecule has 0 fully saturated rings. The molecule has 3 aromatic carbocycles. The molecule has 1 aliphatic heterocycles. The molecule has 0 atom stereocenters. The number of carbonyl (C=O) groups is 2. The maximum Gasteiger partial charge on any atom is 0.238 e. The van der Waals surface area contributed by atoms with Gasteiger partial charge < -0.3 is 20.1 Å². The van der Waals surface area contributed by atoms with Crippen LogP contribution in [0.2, 0.25) is 0 Å². The van der Waals surface area contributed by atoms with Gasteiger partial charge in [-0.05, 0) is 30.3 Å². The normalized spacial score (nSPS) is 12.3. The summed E-state index contributed by atoms with van der Waals surface area (Å²) in [5.74, 6) is 0.906. The van der Waals surface area contributed by atoms with Crippen LogP contribution in [0.4, 0.5) is 11.4 Å². The van der Waals surface area contributed by atoms with Crippen LogP contribution < -0.4 is 20.1 Å². The van der Waals surface area contributed by atoms with Crippen molar-refractivity contribution in [3.63, 3.8) is 0 Å². The summed E-state index contributed by atoms with van der Waals surface area (Å²) in [5.41, 5.74) is 3.34. The molecular formula is C26H27N3O4. The Kier molecular flexibility index (Phi) is 7.22. The molecule has 2 N–H and O–H groups in total. The summed E-state index contributed by atoms with van der Waals surface area (Å²) in [5, 5.41) is 5.85. The van der Waals surface area contributed by atoms with Crippen LogP contribution in [-0.2, 0) is 9.59 Å². The third-order valence-corrected chi connectivity index (χ3v) is 5.29. The minimum Gasteiger partial charge on any atom is -0.486 e. The highest BCUT2D eigenvalue weighted by Crippen LogP contribution is 2.32. The molecule has 0 unspecified atom stereocenters. The number of rotatable bonds is 8. The van der Waals surface area contributed by atoms with Gasteiger partial charge in [-0.2, -0.15) is 0 Å². The molecular weight excluding hydrogens is 418 g/mol. The predicted octanol–water partition coefficient (Wildman–Crippen LogP) is 4.02. The zero-order chi connectivity index (χ0) is 23.0. The van der Waals surface area contributed by atoms with Crippen molar-refractivity contribution in [1.82, 2.24) is 4.90 Å².